The van der Waals surface area contributed by atoms with Gasteiger partial charge in [0.25, 0.3) is 0 Å². The summed E-state index contributed by atoms with van der Waals surface area (Å²) >= 11 is 0. The molecule has 7 nitrogen and oxygen atoms in total. The molecule has 2 amide bonds. The molecular formula is C51H57N3O4. The van der Waals surface area contributed by atoms with Crippen LogP contribution in [0.2, 0.25) is 0 Å². The highest BCUT2D eigenvalue weighted by Gasteiger charge is 2.51. The lowest BCUT2D eigenvalue weighted by molar-refractivity contribution is -0.276. The zero-order valence-corrected chi connectivity index (χ0v) is 33.6. The third-order valence-corrected chi connectivity index (χ3v) is 13.4. The Morgan fingerprint density at radius 1 is 0.672 bits per heavy atom. The van der Waals surface area contributed by atoms with Crippen LogP contribution in [0.25, 0.3) is 11.1 Å². The van der Waals surface area contributed by atoms with Crippen molar-refractivity contribution in [2.24, 2.45) is 23.7 Å². The number of carbonyl (C=O) groups is 1. The van der Waals surface area contributed by atoms with Crippen molar-refractivity contribution < 1.29 is 19.4 Å². The van der Waals surface area contributed by atoms with E-state index in [-0.39, 0.29) is 36.3 Å². The van der Waals surface area contributed by atoms with Crippen LogP contribution in [0.4, 0.5) is 4.79 Å². The number of aliphatic hydroxyl groups excluding tert-OH is 1. The number of hydrogen-bond acceptors (Lipinski definition) is 5. The van der Waals surface area contributed by atoms with Gasteiger partial charge in [-0.1, -0.05) is 134 Å². The maximum absolute atomic E-state index is 13.2. The highest BCUT2D eigenvalue weighted by atomic mass is 16.7. The van der Waals surface area contributed by atoms with E-state index in [2.05, 4.69) is 144 Å². The summed E-state index contributed by atoms with van der Waals surface area (Å²) in [5, 5.41) is 16.4. The zero-order valence-electron chi connectivity index (χ0n) is 33.6. The summed E-state index contributed by atoms with van der Waals surface area (Å²) in [7, 11) is 0. The standard InChI is InChI=1S/C51H57N3O4/c1-35-47(33-54(31-36-9-4-2-5-10-36)32-37-11-6-3-7-12-37)57-49(58-48(35)44-17-15-38(34-55)16-18-44)45-21-19-43(20-22-45)46-14-8-13-39(26-46)30-52-50(56)53-51-27-40-23-41(28-51)25-42(24-40)29-51/h2-22,26,35,40-42,47-49,55H,23-25,27-34H2,1H3,(H2,52,53,56). The lowest BCUT2D eigenvalue weighted by atomic mass is 9.53. The predicted molar refractivity (Wildman–Crippen MR) is 228 cm³/mol. The molecule has 58 heavy (non-hydrogen) atoms. The number of nitrogens with zero attached hydrogens (tertiary/aromatic N) is 1. The van der Waals surface area contributed by atoms with Gasteiger partial charge in [-0.15, -0.1) is 0 Å². The SMILES string of the molecule is CC1C(CN(Cc2ccccc2)Cc2ccccc2)OC(c2ccc(-c3cccc(CNC(=O)NC45CC6CC(CC(C6)C4)C5)c3)cc2)OC1c1ccc(CO)cc1. The fourth-order valence-corrected chi connectivity index (χ4v) is 10.9. The number of amides is 2. The lowest BCUT2D eigenvalue weighted by Crippen LogP contribution is -2.61. The molecule has 1 heterocycles. The lowest BCUT2D eigenvalue weighted by Gasteiger charge is -2.56. The third kappa shape index (κ3) is 8.93. The molecule has 0 spiro atoms. The third-order valence-electron chi connectivity index (χ3n) is 13.4. The summed E-state index contributed by atoms with van der Waals surface area (Å²) in [5.41, 5.74) is 8.72. The first-order chi connectivity index (χ1) is 28.4. The first-order valence-electron chi connectivity index (χ1n) is 21.4. The molecule has 5 aliphatic rings. The number of urea groups is 1. The molecular weight excluding hydrogens is 719 g/mol. The van der Waals surface area contributed by atoms with Gasteiger partial charge in [-0.3, -0.25) is 4.90 Å². The Morgan fingerprint density at radius 3 is 1.86 bits per heavy atom. The number of aliphatic hydroxyl groups is 1. The fraction of sp³-hybridized carbons (Fsp3) is 0.392. The summed E-state index contributed by atoms with van der Waals surface area (Å²) in [6.07, 6.45) is 6.66. The molecule has 1 aliphatic heterocycles. The highest BCUT2D eigenvalue weighted by molar-refractivity contribution is 5.75. The summed E-state index contributed by atoms with van der Waals surface area (Å²) in [6.45, 7) is 5.06. The van der Waals surface area contributed by atoms with E-state index in [4.69, 9.17) is 9.47 Å². The van der Waals surface area contributed by atoms with Gasteiger partial charge in [-0.05, 0) is 101 Å². The Hall–Kier alpha value is -4.79. The summed E-state index contributed by atoms with van der Waals surface area (Å²) in [4.78, 5) is 15.7. The second-order valence-corrected chi connectivity index (χ2v) is 17.8. The average Bonchev–Trinajstić information content (AvgIpc) is 3.24. The Labute approximate surface area is 343 Å². The number of nitrogens with one attached hydrogen (secondary N) is 2. The molecule has 0 radical (unpaired) electrons. The van der Waals surface area contributed by atoms with E-state index in [1.54, 1.807) is 0 Å². The van der Waals surface area contributed by atoms with Gasteiger partial charge >= 0.3 is 6.03 Å². The highest BCUT2D eigenvalue weighted by Crippen LogP contribution is 2.55. The maximum atomic E-state index is 13.2. The van der Waals surface area contributed by atoms with Crippen LogP contribution in [-0.2, 0) is 35.7 Å². The van der Waals surface area contributed by atoms with Crippen LogP contribution < -0.4 is 10.6 Å². The molecule has 5 aromatic rings. The molecule has 4 atom stereocenters. The van der Waals surface area contributed by atoms with Crippen molar-refractivity contribution in [2.75, 3.05) is 6.54 Å². The van der Waals surface area contributed by atoms with Crippen LogP contribution in [-0.4, -0.2) is 34.2 Å². The number of carbonyl (C=O) groups excluding carboxylic acids is 1. The van der Waals surface area contributed by atoms with Crippen molar-refractivity contribution >= 4 is 6.03 Å². The Morgan fingerprint density at radius 2 is 1.26 bits per heavy atom. The fourth-order valence-electron chi connectivity index (χ4n) is 10.9. The van der Waals surface area contributed by atoms with Gasteiger partial charge in [0.1, 0.15) is 0 Å². The molecule has 5 fully saturated rings. The van der Waals surface area contributed by atoms with Crippen LogP contribution in [0.3, 0.4) is 0 Å². The van der Waals surface area contributed by atoms with Crippen LogP contribution in [0.15, 0.2) is 133 Å². The average molecular weight is 776 g/mol. The van der Waals surface area contributed by atoms with Crippen molar-refractivity contribution in [3.63, 3.8) is 0 Å². The molecule has 10 rings (SSSR count). The van der Waals surface area contributed by atoms with E-state index in [9.17, 15) is 9.90 Å². The molecule has 0 aromatic heterocycles. The van der Waals surface area contributed by atoms with E-state index in [0.717, 1.165) is 90.0 Å². The first-order valence-corrected chi connectivity index (χ1v) is 21.4. The predicted octanol–water partition coefficient (Wildman–Crippen LogP) is 10.1. The van der Waals surface area contributed by atoms with Gasteiger partial charge in [0.2, 0.25) is 0 Å². The van der Waals surface area contributed by atoms with Crippen LogP contribution in [0.1, 0.15) is 91.2 Å². The van der Waals surface area contributed by atoms with E-state index in [1.807, 2.05) is 12.1 Å². The van der Waals surface area contributed by atoms with Gasteiger partial charge in [-0.2, -0.15) is 0 Å². The molecule has 5 aromatic carbocycles. The number of hydrogen-bond donors (Lipinski definition) is 3. The molecule has 4 saturated carbocycles. The van der Waals surface area contributed by atoms with Gasteiger partial charge in [0, 0.05) is 43.2 Å². The van der Waals surface area contributed by atoms with Gasteiger partial charge in [0.15, 0.2) is 6.29 Å². The minimum Gasteiger partial charge on any atom is -0.392 e. The van der Waals surface area contributed by atoms with Crippen molar-refractivity contribution in [1.82, 2.24) is 15.5 Å². The molecule has 4 aliphatic carbocycles. The van der Waals surface area contributed by atoms with Crippen LogP contribution in [0.5, 0.6) is 0 Å². The van der Waals surface area contributed by atoms with Crippen molar-refractivity contribution in [3.8, 4) is 11.1 Å². The maximum Gasteiger partial charge on any atom is 0.315 e. The van der Waals surface area contributed by atoms with Crippen LogP contribution >= 0.6 is 0 Å². The number of benzene rings is 5. The second kappa shape index (κ2) is 17.2. The van der Waals surface area contributed by atoms with E-state index < -0.39 is 6.29 Å². The Kier molecular flexibility index (Phi) is 11.5. The molecule has 7 heteroatoms. The van der Waals surface area contributed by atoms with Crippen molar-refractivity contribution in [1.29, 1.82) is 0 Å². The van der Waals surface area contributed by atoms with Gasteiger partial charge in [-0.25, -0.2) is 4.79 Å². The summed E-state index contributed by atoms with van der Waals surface area (Å²) in [6, 6.07) is 46.3. The number of ether oxygens (including phenoxy) is 2. The molecule has 3 N–H and O–H groups in total. The van der Waals surface area contributed by atoms with Crippen molar-refractivity contribution in [2.45, 2.75) is 95.7 Å². The summed E-state index contributed by atoms with van der Waals surface area (Å²) in [5.74, 6) is 2.45. The minimum absolute atomic E-state index is 0.000505. The normalized spacial score (nSPS) is 27.4. The quantitative estimate of drug-likeness (QED) is 0.111. The Bertz CT molecular complexity index is 2050. The largest absolute Gasteiger partial charge is 0.392 e. The van der Waals surface area contributed by atoms with Gasteiger partial charge < -0.3 is 25.2 Å². The smallest absolute Gasteiger partial charge is 0.315 e. The first kappa shape index (κ1) is 38.7. The zero-order chi connectivity index (χ0) is 39.5. The molecule has 4 bridgehead atoms. The monoisotopic (exact) mass is 775 g/mol. The van der Waals surface area contributed by atoms with Crippen molar-refractivity contribution in [3.05, 3.63) is 167 Å². The summed E-state index contributed by atoms with van der Waals surface area (Å²) < 4.78 is 13.8. The topological polar surface area (TPSA) is 83.1 Å². The van der Waals surface area contributed by atoms with E-state index >= 15 is 0 Å². The molecule has 1 saturated heterocycles. The Balaban J connectivity index is 0.902. The molecule has 300 valence electrons. The number of rotatable bonds is 13. The van der Waals surface area contributed by atoms with E-state index in [1.165, 1.54) is 30.4 Å². The molecule has 4 unspecified atom stereocenters. The van der Waals surface area contributed by atoms with Crippen LogP contribution in [0, 0.1) is 23.7 Å². The van der Waals surface area contributed by atoms with E-state index in [0.29, 0.717) is 6.54 Å². The minimum atomic E-state index is -0.559. The van der Waals surface area contributed by atoms with Gasteiger partial charge in [0.05, 0.1) is 18.8 Å². The second-order valence-electron chi connectivity index (χ2n) is 17.8.